The Bertz CT molecular complexity index is 672. The molecule has 5 nitrogen and oxygen atoms in total. The van der Waals surface area contributed by atoms with Crippen LogP contribution in [0.4, 0.5) is 0 Å². The minimum Gasteiger partial charge on any atom is -0.343 e. The Balaban J connectivity index is 1.82. The lowest BCUT2D eigenvalue weighted by Gasteiger charge is -2.30. The predicted molar refractivity (Wildman–Crippen MR) is 79.3 cm³/mol. The van der Waals surface area contributed by atoms with Gasteiger partial charge in [-0.2, -0.15) is 0 Å². The SMILES string of the molecule is C#C[C@@H]1CCCN(C(=O)c2ccnc(-c3ncc[nH]3)c2)C1. The number of carbonyl (C=O) groups is 1. The summed E-state index contributed by atoms with van der Waals surface area (Å²) in [6.45, 7) is 1.39. The number of likely N-dealkylation sites (tertiary alicyclic amines) is 1. The molecule has 3 rings (SSSR count). The normalized spacial score (nSPS) is 18.2. The molecule has 1 fully saturated rings. The summed E-state index contributed by atoms with van der Waals surface area (Å²) in [7, 11) is 0. The zero-order valence-corrected chi connectivity index (χ0v) is 11.6. The van der Waals surface area contributed by atoms with E-state index in [1.807, 2.05) is 4.90 Å². The van der Waals surface area contributed by atoms with Crippen molar-refractivity contribution in [2.75, 3.05) is 13.1 Å². The van der Waals surface area contributed by atoms with Gasteiger partial charge in [0.15, 0.2) is 5.82 Å². The van der Waals surface area contributed by atoms with E-state index in [4.69, 9.17) is 6.42 Å². The van der Waals surface area contributed by atoms with E-state index in [-0.39, 0.29) is 11.8 Å². The highest BCUT2D eigenvalue weighted by Crippen LogP contribution is 2.19. The minimum absolute atomic E-state index is 0.00477. The number of imidazole rings is 1. The molecule has 5 heteroatoms. The second kappa shape index (κ2) is 5.80. The lowest BCUT2D eigenvalue weighted by atomic mass is 9.98. The molecule has 2 aromatic rings. The molecule has 0 aliphatic carbocycles. The molecule has 1 saturated heterocycles. The van der Waals surface area contributed by atoms with Crippen LogP contribution < -0.4 is 0 Å². The van der Waals surface area contributed by atoms with Gasteiger partial charge in [0, 0.05) is 43.2 Å². The van der Waals surface area contributed by atoms with Crippen molar-refractivity contribution in [1.29, 1.82) is 0 Å². The number of amides is 1. The van der Waals surface area contributed by atoms with Crippen LogP contribution in [-0.4, -0.2) is 38.8 Å². The average molecular weight is 280 g/mol. The van der Waals surface area contributed by atoms with E-state index in [0.717, 1.165) is 19.4 Å². The number of piperidine rings is 1. The first-order chi connectivity index (χ1) is 10.3. The van der Waals surface area contributed by atoms with E-state index in [1.165, 1.54) is 0 Å². The number of pyridine rings is 1. The molecule has 1 amide bonds. The number of carbonyl (C=O) groups excluding carboxylic acids is 1. The van der Waals surface area contributed by atoms with Crippen LogP contribution in [0.5, 0.6) is 0 Å². The van der Waals surface area contributed by atoms with E-state index < -0.39 is 0 Å². The molecule has 1 aliphatic heterocycles. The van der Waals surface area contributed by atoms with Gasteiger partial charge in [-0.25, -0.2) is 4.98 Å². The van der Waals surface area contributed by atoms with Crippen LogP contribution >= 0.6 is 0 Å². The lowest BCUT2D eigenvalue weighted by Crippen LogP contribution is -2.39. The molecule has 0 bridgehead atoms. The highest BCUT2D eigenvalue weighted by atomic mass is 16.2. The number of rotatable bonds is 2. The highest BCUT2D eigenvalue weighted by Gasteiger charge is 2.23. The molecule has 2 aromatic heterocycles. The molecule has 0 spiro atoms. The standard InChI is InChI=1S/C16H16N4O/c1-2-12-4-3-9-20(11-12)16(21)13-5-6-17-14(10-13)15-18-7-8-19-15/h1,5-8,10,12H,3-4,9,11H2,(H,18,19)/t12-/m1/s1. The first-order valence-corrected chi connectivity index (χ1v) is 6.99. The second-order valence-corrected chi connectivity index (χ2v) is 5.12. The first kappa shape index (κ1) is 13.4. The van der Waals surface area contributed by atoms with Crippen molar-refractivity contribution in [3.8, 4) is 23.9 Å². The number of H-pyrrole nitrogens is 1. The maximum absolute atomic E-state index is 12.6. The first-order valence-electron chi connectivity index (χ1n) is 6.99. The van der Waals surface area contributed by atoms with Gasteiger partial charge in [0.2, 0.25) is 0 Å². The van der Waals surface area contributed by atoms with Gasteiger partial charge in [-0.05, 0) is 25.0 Å². The molecule has 21 heavy (non-hydrogen) atoms. The van der Waals surface area contributed by atoms with E-state index in [1.54, 1.807) is 30.7 Å². The molecule has 1 aliphatic rings. The number of terminal acetylenes is 1. The largest absolute Gasteiger partial charge is 0.343 e. The maximum atomic E-state index is 12.6. The van der Waals surface area contributed by atoms with Crippen molar-refractivity contribution in [2.24, 2.45) is 5.92 Å². The van der Waals surface area contributed by atoms with Crippen LogP contribution in [0.1, 0.15) is 23.2 Å². The van der Waals surface area contributed by atoms with Gasteiger partial charge < -0.3 is 9.88 Å². The Morgan fingerprint density at radius 1 is 1.43 bits per heavy atom. The van der Waals surface area contributed by atoms with Crippen LogP contribution in [0.2, 0.25) is 0 Å². The molecule has 1 atom stereocenters. The fourth-order valence-corrected chi connectivity index (χ4v) is 2.58. The van der Waals surface area contributed by atoms with Gasteiger partial charge in [0.1, 0.15) is 5.69 Å². The van der Waals surface area contributed by atoms with Gasteiger partial charge in [-0.1, -0.05) is 0 Å². The molecule has 0 aromatic carbocycles. The van der Waals surface area contributed by atoms with Gasteiger partial charge in [0.25, 0.3) is 5.91 Å². The highest BCUT2D eigenvalue weighted by molar-refractivity contribution is 5.95. The van der Waals surface area contributed by atoms with Gasteiger partial charge in [-0.15, -0.1) is 12.3 Å². The van der Waals surface area contributed by atoms with Crippen LogP contribution in [0, 0.1) is 18.3 Å². The van der Waals surface area contributed by atoms with E-state index in [9.17, 15) is 4.79 Å². The fraction of sp³-hybridized carbons (Fsp3) is 0.312. The van der Waals surface area contributed by atoms with E-state index >= 15 is 0 Å². The average Bonchev–Trinajstić information content (AvgIpc) is 3.09. The van der Waals surface area contributed by atoms with E-state index in [0.29, 0.717) is 23.6 Å². The summed E-state index contributed by atoms with van der Waals surface area (Å²) in [6.07, 6.45) is 12.5. The maximum Gasteiger partial charge on any atom is 0.254 e. The van der Waals surface area contributed by atoms with Crippen molar-refractivity contribution in [3.05, 3.63) is 36.3 Å². The summed E-state index contributed by atoms with van der Waals surface area (Å²) in [6, 6.07) is 3.49. The van der Waals surface area contributed by atoms with Crippen molar-refractivity contribution >= 4 is 5.91 Å². The predicted octanol–water partition coefficient (Wildman–Crippen LogP) is 1.96. The van der Waals surface area contributed by atoms with Crippen LogP contribution in [0.15, 0.2) is 30.7 Å². The number of aromatic nitrogens is 3. The zero-order valence-electron chi connectivity index (χ0n) is 11.6. The van der Waals surface area contributed by atoms with E-state index in [2.05, 4.69) is 20.9 Å². The summed E-state index contributed by atoms with van der Waals surface area (Å²) < 4.78 is 0. The third kappa shape index (κ3) is 2.79. The van der Waals surface area contributed by atoms with Crippen molar-refractivity contribution in [2.45, 2.75) is 12.8 Å². The summed E-state index contributed by atoms with van der Waals surface area (Å²) in [5.74, 6) is 3.58. The number of nitrogens with zero attached hydrogens (tertiary/aromatic N) is 3. The van der Waals surface area contributed by atoms with Gasteiger partial charge in [0.05, 0.1) is 0 Å². The number of aromatic amines is 1. The van der Waals surface area contributed by atoms with Crippen molar-refractivity contribution in [1.82, 2.24) is 19.9 Å². The summed E-state index contributed by atoms with van der Waals surface area (Å²) >= 11 is 0. The molecular formula is C16H16N4O. The monoisotopic (exact) mass is 280 g/mol. The number of hydrogen-bond donors (Lipinski definition) is 1. The van der Waals surface area contributed by atoms with Crippen molar-refractivity contribution in [3.63, 3.8) is 0 Å². The van der Waals surface area contributed by atoms with Crippen LogP contribution in [-0.2, 0) is 0 Å². The Morgan fingerprint density at radius 2 is 2.33 bits per heavy atom. The molecule has 0 radical (unpaired) electrons. The third-order valence-electron chi connectivity index (χ3n) is 3.69. The lowest BCUT2D eigenvalue weighted by molar-refractivity contribution is 0.0699. The summed E-state index contributed by atoms with van der Waals surface area (Å²) in [5, 5.41) is 0. The van der Waals surface area contributed by atoms with Crippen LogP contribution in [0.3, 0.4) is 0 Å². The fourth-order valence-electron chi connectivity index (χ4n) is 2.58. The molecule has 0 unspecified atom stereocenters. The topological polar surface area (TPSA) is 61.9 Å². The molecular weight excluding hydrogens is 264 g/mol. The van der Waals surface area contributed by atoms with Gasteiger partial charge >= 0.3 is 0 Å². The Kier molecular flexibility index (Phi) is 3.69. The van der Waals surface area contributed by atoms with Crippen molar-refractivity contribution < 1.29 is 4.79 Å². The number of hydrogen-bond acceptors (Lipinski definition) is 3. The molecule has 3 heterocycles. The second-order valence-electron chi connectivity index (χ2n) is 5.12. The Morgan fingerprint density at radius 3 is 3.10 bits per heavy atom. The van der Waals surface area contributed by atoms with Gasteiger partial charge in [-0.3, -0.25) is 9.78 Å². The Hall–Kier alpha value is -2.61. The minimum atomic E-state index is 0.00477. The smallest absolute Gasteiger partial charge is 0.254 e. The molecule has 1 N–H and O–H groups in total. The third-order valence-corrected chi connectivity index (χ3v) is 3.69. The Labute approximate surface area is 123 Å². The molecule has 0 saturated carbocycles. The summed E-state index contributed by atoms with van der Waals surface area (Å²) in [5.41, 5.74) is 1.28. The van der Waals surface area contributed by atoms with Crippen LogP contribution in [0.25, 0.3) is 11.5 Å². The summed E-state index contributed by atoms with van der Waals surface area (Å²) in [4.78, 5) is 25.8. The zero-order chi connectivity index (χ0) is 14.7. The quantitative estimate of drug-likeness (QED) is 0.855. The number of nitrogens with one attached hydrogen (secondary N) is 1. The molecule has 106 valence electrons.